The highest BCUT2D eigenvalue weighted by Crippen LogP contribution is 2.32. The standard InChI is InChI=1S/C18H20ClNO3/c1-4-12-5-7-15(20-17(12)18(21)22)14-9-13(19)6-8-16(14)23-10-11(2)3/h5-9,11H,4,10H2,1-3H3,(H,21,22). The molecule has 0 aliphatic heterocycles. The number of hydrogen-bond donors (Lipinski definition) is 1. The molecule has 1 heterocycles. The van der Waals surface area contributed by atoms with Crippen molar-refractivity contribution in [3.05, 3.63) is 46.6 Å². The molecule has 0 spiro atoms. The van der Waals surface area contributed by atoms with Crippen LogP contribution in [0, 0.1) is 5.92 Å². The molecule has 0 saturated carbocycles. The Bertz CT molecular complexity index is 713. The highest BCUT2D eigenvalue weighted by molar-refractivity contribution is 6.31. The molecule has 5 heteroatoms. The normalized spacial score (nSPS) is 10.8. The minimum atomic E-state index is -1.03. The smallest absolute Gasteiger partial charge is 0.354 e. The van der Waals surface area contributed by atoms with Crippen molar-refractivity contribution in [2.45, 2.75) is 27.2 Å². The van der Waals surface area contributed by atoms with Crippen LogP contribution in [-0.4, -0.2) is 22.7 Å². The molecule has 2 aromatic rings. The minimum Gasteiger partial charge on any atom is -0.493 e. The number of pyridine rings is 1. The van der Waals surface area contributed by atoms with E-state index >= 15 is 0 Å². The maximum atomic E-state index is 11.4. The predicted octanol–water partition coefficient (Wildman–Crippen LogP) is 4.70. The van der Waals surface area contributed by atoms with Crippen LogP contribution < -0.4 is 4.74 Å². The Kier molecular flexibility index (Phi) is 5.61. The molecule has 2 rings (SSSR count). The van der Waals surface area contributed by atoms with E-state index in [-0.39, 0.29) is 5.69 Å². The summed E-state index contributed by atoms with van der Waals surface area (Å²) >= 11 is 6.09. The monoisotopic (exact) mass is 333 g/mol. The number of aromatic nitrogens is 1. The third-order valence-corrected chi connectivity index (χ3v) is 3.59. The number of nitrogens with zero attached hydrogens (tertiary/aromatic N) is 1. The Hall–Kier alpha value is -2.07. The van der Waals surface area contributed by atoms with Gasteiger partial charge >= 0.3 is 5.97 Å². The van der Waals surface area contributed by atoms with Gasteiger partial charge in [0.1, 0.15) is 5.75 Å². The quantitative estimate of drug-likeness (QED) is 0.832. The first-order valence-corrected chi connectivity index (χ1v) is 7.96. The molecule has 0 aliphatic carbocycles. The molecular weight excluding hydrogens is 314 g/mol. The van der Waals surface area contributed by atoms with E-state index in [0.29, 0.717) is 46.5 Å². The Morgan fingerprint density at radius 2 is 2.04 bits per heavy atom. The van der Waals surface area contributed by atoms with Gasteiger partial charge in [-0.15, -0.1) is 0 Å². The van der Waals surface area contributed by atoms with Gasteiger partial charge in [-0.3, -0.25) is 0 Å². The number of rotatable bonds is 6. The van der Waals surface area contributed by atoms with E-state index in [4.69, 9.17) is 16.3 Å². The molecule has 4 nitrogen and oxygen atoms in total. The Labute approximate surface area is 141 Å². The van der Waals surface area contributed by atoms with Crippen LogP contribution in [0.3, 0.4) is 0 Å². The summed E-state index contributed by atoms with van der Waals surface area (Å²) in [6.07, 6.45) is 0.612. The molecule has 1 N–H and O–H groups in total. The van der Waals surface area contributed by atoms with Gasteiger partial charge < -0.3 is 9.84 Å². The number of hydrogen-bond acceptors (Lipinski definition) is 3. The fourth-order valence-corrected chi connectivity index (χ4v) is 2.37. The number of carboxylic acid groups (broad SMARTS) is 1. The van der Waals surface area contributed by atoms with Crippen LogP contribution in [0.2, 0.25) is 5.02 Å². The lowest BCUT2D eigenvalue weighted by atomic mass is 10.1. The first kappa shape index (κ1) is 17.3. The van der Waals surface area contributed by atoms with Crippen LogP contribution in [0.5, 0.6) is 5.75 Å². The molecular formula is C18H20ClNO3. The second-order valence-corrected chi connectivity index (χ2v) is 6.14. The number of ether oxygens (including phenoxy) is 1. The molecule has 1 aromatic heterocycles. The van der Waals surface area contributed by atoms with Gasteiger partial charge in [0.25, 0.3) is 0 Å². The van der Waals surface area contributed by atoms with Crippen molar-refractivity contribution < 1.29 is 14.6 Å². The maximum absolute atomic E-state index is 11.4. The van der Waals surface area contributed by atoms with Crippen LogP contribution in [0.1, 0.15) is 36.8 Å². The van der Waals surface area contributed by atoms with Gasteiger partial charge in [-0.05, 0) is 42.2 Å². The van der Waals surface area contributed by atoms with Crippen molar-refractivity contribution in [3.8, 4) is 17.0 Å². The molecule has 0 fully saturated rings. The summed E-state index contributed by atoms with van der Waals surface area (Å²) in [5.41, 5.74) is 2.01. The Morgan fingerprint density at radius 1 is 1.30 bits per heavy atom. The number of aryl methyl sites for hydroxylation is 1. The summed E-state index contributed by atoms with van der Waals surface area (Å²) in [5.74, 6) is -0.00454. The number of aromatic carboxylic acids is 1. The van der Waals surface area contributed by atoms with Gasteiger partial charge in [0.15, 0.2) is 5.69 Å². The lowest BCUT2D eigenvalue weighted by Crippen LogP contribution is -2.08. The molecule has 1 aromatic carbocycles. The summed E-state index contributed by atoms with van der Waals surface area (Å²) in [5, 5.41) is 9.90. The summed E-state index contributed by atoms with van der Waals surface area (Å²) in [7, 11) is 0. The van der Waals surface area contributed by atoms with Gasteiger partial charge in [0, 0.05) is 10.6 Å². The zero-order valence-electron chi connectivity index (χ0n) is 13.5. The summed E-state index contributed by atoms with van der Waals surface area (Å²) in [4.78, 5) is 15.7. The van der Waals surface area contributed by atoms with E-state index < -0.39 is 5.97 Å². The average molecular weight is 334 g/mol. The molecule has 0 bridgehead atoms. The predicted molar refractivity (Wildman–Crippen MR) is 91.4 cm³/mol. The van der Waals surface area contributed by atoms with Crippen molar-refractivity contribution in [1.82, 2.24) is 4.98 Å². The Morgan fingerprint density at radius 3 is 2.65 bits per heavy atom. The van der Waals surface area contributed by atoms with E-state index in [1.165, 1.54) is 0 Å². The fraction of sp³-hybridized carbons (Fsp3) is 0.333. The van der Waals surface area contributed by atoms with Gasteiger partial charge in [-0.1, -0.05) is 38.4 Å². The number of benzene rings is 1. The zero-order chi connectivity index (χ0) is 17.0. The van der Waals surface area contributed by atoms with Crippen LogP contribution >= 0.6 is 11.6 Å². The average Bonchev–Trinajstić information content (AvgIpc) is 2.52. The SMILES string of the molecule is CCc1ccc(-c2cc(Cl)ccc2OCC(C)C)nc1C(=O)O. The van der Waals surface area contributed by atoms with Crippen LogP contribution in [0.25, 0.3) is 11.3 Å². The summed E-state index contributed by atoms with van der Waals surface area (Å²) in [6.45, 7) is 6.59. The van der Waals surface area contributed by atoms with Crippen LogP contribution in [0.15, 0.2) is 30.3 Å². The molecule has 0 radical (unpaired) electrons. The van der Waals surface area contributed by atoms with Crippen molar-refractivity contribution in [1.29, 1.82) is 0 Å². The third-order valence-electron chi connectivity index (χ3n) is 3.35. The van der Waals surface area contributed by atoms with Crippen LogP contribution in [0.4, 0.5) is 0 Å². The second kappa shape index (κ2) is 7.47. The third kappa shape index (κ3) is 4.23. The van der Waals surface area contributed by atoms with Crippen molar-refractivity contribution in [2.75, 3.05) is 6.61 Å². The molecule has 0 unspecified atom stereocenters. The van der Waals surface area contributed by atoms with Crippen molar-refractivity contribution in [3.63, 3.8) is 0 Å². The van der Waals surface area contributed by atoms with Crippen molar-refractivity contribution in [2.24, 2.45) is 5.92 Å². The van der Waals surface area contributed by atoms with Gasteiger partial charge in [0.2, 0.25) is 0 Å². The largest absolute Gasteiger partial charge is 0.493 e. The Balaban J connectivity index is 2.50. The number of carboxylic acids is 1. The van der Waals surface area contributed by atoms with Gasteiger partial charge in [0.05, 0.1) is 12.3 Å². The molecule has 0 aliphatic rings. The van der Waals surface area contributed by atoms with E-state index in [9.17, 15) is 9.90 Å². The molecule has 0 amide bonds. The summed E-state index contributed by atoms with van der Waals surface area (Å²) < 4.78 is 5.82. The van der Waals surface area contributed by atoms with Crippen LogP contribution in [-0.2, 0) is 6.42 Å². The number of carbonyl (C=O) groups is 1. The number of halogens is 1. The highest BCUT2D eigenvalue weighted by atomic mass is 35.5. The highest BCUT2D eigenvalue weighted by Gasteiger charge is 2.15. The van der Waals surface area contributed by atoms with Gasteiger partial charge in [-0.2, -0.15) is 0 Å². The van der Waals surface area contributed by atoms with E-state index in [0.717, 1.165) is 0 Å². The maximum Gasteiger partial charge on any atom is 0.354 e. The zero-order valence-corrected chi connectivity index (χ0v) is 14.2. The first-order valence-electron chi connectivity index (χ1n) is 7.58. The van der Waals surface area contributed by atoms with Gasteiger partial charge in [-0.25, -0.2) is 9.78 Å². The molecule has 0 atom stereocenters. The minimum absolute atomic E-state index is 0.0692. The lowest BCUT2D eigenvalue weighted by Gasteiger charge is -2.14. The van der Waals surface area contributed by atoms with Crippen molar-refractivity contribution >= 4 is 17.6 Å². The lowest BCUT2D eigenvalue weighted by molar-refractivity contribution is 0.0689. The topological polar surface area (TPSA) is 59.4 Å². The molecule has 23 heavy (non-hydrogen) atoms. The van der Waals surface area contributed by atoms with E-state index in [1.807, 2.05) is 6.92 Å². The first-order chi connectivity index (χ1) is 10.9. The van der Waals surface area contributed by atoms with E-state index in [2.05, 4.69) is 18.8 Å². The summed E-state index contributed by atoms with van der Waals surface area (Å²) in [6, 6.07) is 8.88. The second-order valence-electron chi connectivity index (χ2n) is 5.71. The molecule has 122 valence electrons. The van der Waals surface area contributed by atoms with E-state index in [1.54, 1.807) is 30.3 Å². The fourth-order valence-electron chi connectivity index (χ4n) is 2.19. The molecule has 0 saturated heterocycles.